The standard InChI is InChI=1S/C22H30N4OS2.Na.H/c1-15-19(24-14-18(28)25-15)22(26-29(27)20(2,3)4)17-8-6-5-7-16(17)13-21(22)9-11-23-12-10-21;;/h5-8,14,23,26H,9-13H2,1-4H3,(H,25,28);;/q;+1;-1/t22-,29?;;/m0../s1. The Balaban J connectivity index is 0.00000171. The second-order valence-corrected chi connectivity index (χ2v) is 11.7. The molecule has 1 fully saturated rings. The van der Waals surface area contributed by atoms with Gasteiger partial charge in [-0.3, -0.25) is 4.98 Å². The van der Waals surface area contributed by atoms with E-state index in [1.165, 1.54) is 11.1 Å². The van der Waals surface area contributed by atoms with Crippen LogP contribution in [0.4, 0.5) is 0 Å². The van der Waals surface area contributed by atoms with Crippen molar-refractivity contribution >= 4 is 23.6 Å². The summed E-state index contributed by atoms with van der Waals surface area (Å²) < 4.78 is 17.4. The molecule has 0 radical (unpaired) electrons. The molecule has 1 aliphatic heterocycles. The number of benzene rings is 1. The number of nitrogens with zero attached hydrogens (tertiary/aromatic N) is 1. The van der Waals surface area contributed by atoms with E-state index in [4.69, 9.17) is 17.2 Å². The summed E-state index contributed by atoms with van der Waals surface area (Å²) in [4.78, 5) is 8.17. The number of hydrogen-bond acceptors (Lipinski definition) is 5. The fourth-order valence-corrected chi connectivity index (χ4v) is 6.25. The van der Waals surface area contributed by atoms with Gasteiger partial charge in [0.15, 0.2) is 0 Å². The molecule has 2 atom stereocenters. The number of piperidine rings is 1. The number of fused-ring (bicyclic) bond motifs is 1. The Kier molecular flexibility index (Phi) is 7.27. The van der Waals surface area contributed by atoms with E-state index in [0.29, 0.717) is 4.64 Å². The van der Waals surface area contributed by atoms with E-state index in [0.717, 1.165) is 43.7 Å². The average Bonchev–Trinajstić information content (AvgIpc) is 2.91. The Hall–Kier alpha value is -0.250. The van der Waals surface area contributed by atoms with E-state index < -0.39 is 21.6 Å². The van der Waals surface area contributed by atoms with Crippen LogP contribution in [-0.4, -0.2) is 32.4 Å². The second kappa shape index (κ2) is 8.94. The first-order chi connectivity index (χ1) is 13.7. The van der Waals surface area contributed by atoms with E-state index in [1.807, 2.05) is 27.7 Å². The van der Waals surface area contributed by atoms with Crippen LogP contribution in [0.3, 0.4) is 0 Å². The van der Waals surface area contributed by atoms with Gasteiger partial charge in [-0.2, -0.15) is 0 Å². The van der Waals surface area contributed by atoms with Crippen molar-refractivity contribution in [1.29, 1.82) is 0 Å². The molecule has 1 unspecified atom stereocenters. The van der Waals surface area contributed by atoms with E-state index >= 15 is 0 Å². The molecule has 0 saturated carbocycles. The predicted molar refractivity (Wildman–Crippen MR) is 122 cm³/mol. The molecular formula is C22H31N4NaOS2. The maximum absolute atomic E-state index is 13.5. The van der Waals surface area contributed by atoms with Gasteiger partial charge in [0.1, 0.15) is 14.9 Å². The quantitative estimate of drug-likeness (QED) is 0.363. The van der Waals surface area contributed by atoms with Crippen LogP contribution in [0.2, 0.25) is 0 Å². The first kappa shape index (κ1) is 24.4. The minimum atomic E-state index is -1.27. The molecular weight excluding hydrogens is 423 g/mol. The van der Waals surface area contributed by atoms with E-state index in [-0.39, 0.29) is 36.4 Å². The molecule has 1 aromatic heterocycles. The predicted octanol–water partition coefficient (Wildman–Crippen LogP) is 0.785. The SMILES string of the molecule is Cc1[nH]c(=S)cnc1[C@@]1(N[S+]([O-])C(C)(C)C)c2ccccc2CC12CCNCC2.[H-].[Na+]. The van der Waals surface area contributed by atoms with Gasteiger partial charge in [0.05, 0.1) is 11.9 Å². The molecule has 1 aliphatic carbocycles. The van der Waals surface area contributed by atoms with Crippen molar-refractivity contribution in [3.63, 3.8) is 0 Å². The summed E-state index contributed by atoms with van der Waals surface area (Å²) in [7, 11) is 0. The minimum absolute atomic E-state index is 0. The summed E-state index contributed by atoms with van der Waals surface area (Å²) in [6.45, 7) is 9.95. The summed E-state index contributed by atoms with van der Waals surface area (Å²) in [5, 5.41) is 3.51. The maximum atomic E-state index is 13.5. The van der Waals surface area contributed by atoms with Crippen molar-refractivity contribution in [3.8, 4) is 0 Å². The van der Waals surface area contributed by atoms with Crippen molar-refractivity contribution in [3.05, 3.63) is 57.6 Å². The van der Waals surface area contributed by atoms with Gasteiger partial charge in [0.25, 0.3) is 0 Å². The van der Waals surface area contributed by atoms with Crippen LogP contribution in [0.25, 0.3) is 0 Å². The molecule has 1 saturated heterocycles. The van der Waals surface area contributed by atoms with Crippen molar-refractivity contribution in [2.45, 2.75) is 57.2 Å². The molecule has 8 heteroatoms. The van der Waals surface area contributed by atoms with Gasteiger partial charge < -0.3 is 16.3 Å². The van der Waals surface area contributed by atoms with E-state index in [2.05, 4.69) is 39.3 Å². The average molecular weight is 455 g/mol. The van der Waals surface area contributed by atoms with Crippen molar-refractivity contribution < 1.29 is 35.5 Å². The Bertz CT molecular complexity index is 974. The van der Waals surface area contributed by atoms with Crippen molar-refractivity contribution in [2.24, 2.45) is 5.41 Å². The van der Waals surface area contributed by atoms with Gasteiger partial charge in [-0.1, -0.05) is 36.5 Å². The molecule has 4 rings (SSSR count). The molecule has 30 heavy (non-hydrogen) atoms. The fraction of sp³-hybridized carbons (Fsp3) is 0.545. The number of rotatable bonds is 3. The summed E-state index contributed by atoms with van der Waals surface area (Å²) in [5.74, 6) is 0. The molecule has 1 aromatic carbocycles. The summed E-state index contributed by atoms with van der Waals surface area (Å²) in [5.41, 5.74) is 3.63. The molecule has 2 aromatic rings. The maximum Gasteiger partial charge on any atom is 1.00 e. The number of hydrogen-bond donors (Lipinski definition) is 3. The largest absolute Gasteiger partial charge is 1.00 e. The molecule has 2 heterocycles. The number of aryl methyl sites for hydroxylation is 1. The topological polar surface area (TPSA) is 75.8 Å². The molecule has 5 nitrogen and oxygen atoms in total. The van der Waals surface area contributed by atoms with Gasteiger partial charge in [-0.05, 0) is 71.2 Å². The molecule has 2 aliphatic rings. The third-order valence-electron chi connectivity index (χ3n) is 6.44. The zero-order valence-corrected chi connectivity index (χ0v) is 22.2. The zero-order chi connectivity index (χ0) is 20.9. The van der Waals surface area contributed by atoms with Gasteiger partial charge in [-0.15, -0.1) is 4.72 Å². The number of H-pyrrole nitrogens is 1. The summed E-state index contributed by atoms with van der Waals surface area (Å²) >= 11 is 4.07. The Morgan fingerprint density at radius 1 is 1.23 bits per heavy atom. The first-order valence-electron chi connectivity index (χ1n) is 10.2. The molecule has 0 bridgehead atoms. The minimum Gasteiger partial charge on any atom is -1.00 e. The molecule has 3 N–H and O–H groups in total. The van der Waals surface area contributed by atoms with Crippen LogP contribution in [0.5, 0.6) is 0 Å². The van der Waals surface area contributed by atoms with Crippen LogP contribution >= 0.6 is 12.2 Å². The van der Waals surface area contributed by atoms with Gasteiger partial charge in [0, 0.05) is 22.5 Å². The molecule has 1 spiro atoms. The third kappa shape index (κ3) is 3.97. The van der Waals surface area contributed by atoms with Crippen molar-refractivity contribution in [2.75, 3.05) is 13.1 Å². The van der Waals surface area contributed by atoms with Crippen LogP contribution in [-0.2, 0) is 23.3 Å². The normalized spacial score (nSPS) is 23.6. The van der Waals surface area contributed by atoms with Gasteiger partial charge in [0.2, 0.25) is 0 Å². The molecule has 158 valence electrons. The Labute approximate surface area is 211 Å². The van der Waals surface area contributed by atoms with Gasteiger partial charge in [-0.25, -0.2) is 0 Å². The van der Waals surface area contributed by atoms with E-state index in [1.54, 1.807) is 6.20 Å². The van der Waals surface area contributed by atoms with Gasteiger partial charge >= 0.3 is 29.6 Å². The fourth-order valence-electron chi connectivity index (χ4n) is 5.04. The molecule has 0 amide bonds. The van der Waals surface area contributed by atoms with Crippen LogP contribution in [0.15, 0.2) is 30.5 Å². The van der Waals surface area contributed by atoms with Crippen LogP contribution in [0.1, 0.15) is 57.6 Å². The summed E-state index contributed by atoms with van der Waals surface area (Å²) in [6, 6.07) is 8.57. The van der Waals surface area contributed by atoms with Crippen LogP contribution < -0.4 is 39.6 Å². The number of aromatic amines is 1. The Morgan fingerprint density at radius 3 is 2.53 bits per heavy atom. The first-order valence-corrected chi connectivity index (χ1v) is 11.8. The number of aromatic nitrogens is 2. The third-order valence-corrected chi connectivity index (χ3v) is 8.25. The van der Waals surface area contributed by atoms with Crippen LogP contribution in [0, 0.1) is 17.0 Å². The van der Waals surface area contributed by atoms with Crippen molar-refractivity contribution in [1.82, 2.24) is 20.0 Å². The smallest absolute Gasteiger partial charge is 1.00 e. The monoisotopic (exact) mass is 454 g/mol. The number of nitrogens with one attached hydrogen (secondary N) is 3. The Morgan fingerprint density at radius 2 is 1.90 bits per heavy atom. The second-order valence-electron chi connectivity index (χ2n) is 9.32. The zero-order valence-electron chi connectivity index (χ0n) is 19.6. The summed E-state index contributed by atoms with van der Waals surface area (Å²) in [6.07, 6.45) is 4.66. The van der Waals surface area contributed by atoms with E-state index in [9.17, 15) is 4.55 Å².